The maximum absolute atomic E-state index is 11.9. The first-order valence-electron chi connectivity index (χ1n) is 16.5. The zero-order valence-electron chi connectivity index (χ0n) is 28.8. The molecule has 0 aliphatic carbocycles. The molecule has 49 heavy (non-hydrogen) atoms. The number of hydrogen-bond acceptors (Lipinski definition) is 7. The van der Waals surface area contributed by atoms with Gasteiger partial charge in [0.05, 0.1) is 6.10 Å². The van der Waals surface area contributed by atoms with Crippen molar-refractivity contribution in [3.05, 3.63) is 114 Å². The molecule has 0 aliphatic heterocycles. The average Bonchev–Trinajstić information content (AvgIpc) is 3.09. The fourth-order valence-corrected chi connectivity index (χ4v) is 4.36. The Morgan fingerprint density at radius 3 is 1.69 bits per heavy atom. The van der Waals surface area contributed by atoms with Gasteiger partial charge in [-0.2, -0.15) is 0 Å². The van der Waals surface area contributed by atoms with Crippen LogP contribution in [0.5, 0.6) is 17.2 Å². The third-order valence-electron chi connectivity index (χ3n) is 6.84. The summed E-state index contributed by atoms with van der Waals surface area (Å²) in [5.41, 5.74) is 16.1. The third-order valence-corrected chi connectivity index (χ3v) is 6.84. The van der Waals surface area contributed by atoms with Gasteiger partial charge in [0.15, 0.2) is 0 Å². The highest BCUT2D eigenvalue weighted by Crippen LogP contribution is 2.22. The molecule has 3 aromatic rings. The van der Waals surface area contributed by atoms with Gasteiger partial charge < -0.3 is 36.2 Å². The van der Waals surface area contributed by atoms with E-state index in [1.54, 1.807) is 24.3 Å². The Balaban J connectivity index is 0.000000368. The molecule has 10 heteroatoms. The molecule has 1 atom stereocenters. The van der Waals surface area contributed by atoms with Crippen molar-refractivity contribution in [3.8, 4) is 17.2 Å². The summed E-state index contributed by atoms with van der Waals surface area (Å²) < 4.78 is 51.1. The van der Waals surface area contributed by atoms with Crippen molar-refractivity contribution in [2.24, 2.45) is 11.5 Å². The first kappa shape index (κ1) is 42.6. The van der Waals surface area contributed by atoms with Gasteiger partial charge in [-0.25, -0.2) is 13.2 Å². The summed E-state index contributed by atoms with van der Waals surface area (Å²) in [6, 6.07) is 22.4. The number of nitrogens with two attached hydrogens (primary N) is 2. The number of aliphatic hydroxyl groups is 1. The molecule has 1 unspecified atom stereocenters. The summed E-state index contributed by atoms with van der Waals surface area (Å²) in [5.74, 6) is 2.04. The number of aliphatic hydroxyl groups excluding tert-OH is 1. The van der Waals surface area contributed by atoms with Crippen LogP contribution in [0.1, 0.15) is 68.2 Å². The molecular formula is C39H54F3N3O4. The van der Waals surface area contributed by atoms with Gasteiger partial charge in [0, 0.05) is 17.1 Å². The Hall–Kier alpha value is -4.44. The van der Waals surface area contributed by atoms with Crippen LogP contribution < -0.4 is 25.7 Å². The Morgan fingerprint density at radius 1 is 0.694 bits per heavy atom. The van der Waals surface area contributed by atoms with E-state index in [4.69, 9.17) is 31.1 Å². The molecule has 0 spiro atoms. The largest absolute Gasteiger partial charge is 0.491 e. The summed E-state index contributed by atoms with van der Waals surface area (Å²) >= 11 is 0. The number of halogens is 3. The van der Waals surface area contributed by atoms with Crippen LogP contribution in [0.3, 0.4) is 0 Å². The predicted octanol–water partition coefficient (Wildman–Crippen LogP) is 8.55. The fourth-order valence-electron chi connectivity index (χ4n) is 4.36. The van der Waals surface area contributed by atoms with Gasteiger partial charge in [-0.3, -0.25) is 0 Å². The Morgan fingerprint density at radius 2 is 1.18 bits per heavy atom. The molecule has 0 fully saturated rings. The van der Waals surface area contributed by atoms with Gasteiger partial charge >= 0.3 is 0 Å². The van der Waals surface area contributed by atoms with E-state index in [0.717, 1.165) is 55.5 Å². The normalized spacial score (nSPS) is 10.8. The molecule has 7 nitrogen and oxygen atoms in total. The number of hydrogen-bond donors (Lipinski definition) is 4. The minimum atomic E-state index is -0.564. The SMILES string of the molecule is C=C(N)CCC(O)c1ccc(OCC[18F])cc1.C=C(N)CCCc1ccc(OCC[18F])cc1.CC(=N)CCCc1cccc(OCC[18F])c1. The number of allylic oxidation sites excluding steroid dienone is 2. The van der Waals surface area contributed by atoms with Crippen LogP contribution >= 0.6 is 0 Å². The number of benzene rings is 3. The van der Waals surface area contributed by atoms with Crippen LogP contribution in [-0.4, -0.2) is 50.7 Å². The molecule has 3 aromatic carbocycles. The third kappa shape index (κ3) is 21.9. The topological polar surface area (TPSA) is 124 Å². The Kier molecular flexibility index (Phi) is 23.0. The smallest absolute Gasteiger partial charge is 0.123 e. The van der Waals surface area contributed by atoms with Gasteiger partial charge in [-0.05, 0) is 111 Å². The maximum Gasteiger partial charge on any atom is 0.123 e. The standard InChI is InChI=1S/C13H18FNO2.2C13H18FNO/c1-10(15)2-7-13(16)11-3-5-12(6-4-11)17-9-8-14;1-11(15)4-2-5-12-6-3-7-13(10-12)16-9-8-14;1-11(15)3-2-4-12-5-7-13(8-6-12)16-10-9-14/h3-6,13,16H,1-2,7-9,15H2;3,6-7,10,15H,2,4-5,8-9H2,1H3;5-8H,1-4,9-10,15H2/i3*14-1. The molecule has 6 N–H and O–H groups in total. The molecule has 0 aromatic heterocycles. The average molecular weight is 683 g/mol. The van der Waals surface area contributed by atoms with Crippen LogP contribution in [-0.2, 0) is 12.8 Å². The monoisotopic (exact) mass is 682 g/mol. The summed E-state index contributed by atoms with van der Waals surface area (Å²) in [5, 5.41) is 17.2. The Labute approximate surface area is 290 Å². The lowest BCUT2D eigenvalue weighted by Crippen LogP contribution is -2.02. The maximum atomic E-state index is 11.9. The Bertz CT molecular complexity index is 1340. The summed E-state index contributed by atoms with van der Waals surface area (Å²) in [6.45, 7) is 7.91. The van der Waals surface area contributed by atoms with E-state index in [-0.39, 0.29) is 19.8 Å². The second kappa shape index (κ2) is 26.5. The van der Waals surface area contributed by atoms with Crippen molar-refractivity contribution >= 4 is 5.71 Å². The van der Waals surface area contributed by atoms with Gasteiger partial charge in [-0.1, -0.05) is 49.6 Å². The number of nitrogens with one attached hydrogen (secondary N) is 1. The quantitative estimate of drug-likeness (QED) is 0.0835. The van der Waals surface area contributed by atoms with Crippen LogP contribution in [0.2, 0.25) is 0 Å². The molecule has 270 valence electrons. The van der Waals surface area contributed by atoms with Crippen LogP contribution in [0, 0.1) is 5.41 Å². The van der Waals surface area contributed by atoms with Gasteiger partial charge in [0.25, 0.3) is 0 Å². The lowest BCUT2D eigenvalue weighted by molar-refractivity contribution is 0.167. The highest BCUT2D eigenvalue weighted by molar-refractivity contribution is 5.78. The fraction of sp³-hybridized carbons (Fsp3) is 0.410. The van der Waals surface area contributed by atoms with Gasteiger partial charge in [0.2, 0.25) is 0 Å². The van der Waals surface area contributed by atoms with Crippen molar-refractivity contribution in [2.75, 3.05) is 39.8 Å². The molecule has 0 saturated carbocycles. The van der Waals surface area contributed by atoms with Gasteiger partial charge in [0.1, 0.15) is 57.1 Å². The van der Waals surface area contributed by atoms with Crippen molar-refractivity contribution < 1.29 is 32.5 Å². The van der Waals surface area contributed by atoms with Crippen molar-refractivity contribution in [1.82, 2.24) is 0 Å². The molecule has 0 aliphatic rings. The van der Waals surface area contributed by atoms with E-state index in [0.29, 0.717) is 35.7 Å². The molecule has 0 heterocycles. The second-order valence-corrected chi connectivity index (χ2v) is 11.3. The molecule has 0 bridgehead atoms. The molecule has 3 rings (SSSR count). The summed E-state index contributed by atoms with van der Waals surface area (Å²) in [6.07, 6.45) is 6.12. The zero-order chi connectivity index (χ0) is 36.3. The molecule has 0 radical (unpaired) electrons. The number of ether oxygens (including phenoxy) is 3. The summed E-state index contributed by atoms with van der Waals surface area (Å²) in [4.78, 5) is 0. The van der Waals surface area contributed by atoms with E-state index >= 15 is 0 Å². The van der Waals surface area contributed by atoms with E-state index in [1.165, 1.54) is 11.1 Å². The minimum absolute atomic E-state index is 0.0505. The predicted molar refractivity (Wildman–Crippen MR) is 194 cm³/mol. The van der Waals surface area contributed by atoms with E-state index in [9.17, 15) is 18.3 Å². The van der Waals surface area contributed by atoms with Crippen molar-refractivity contribution in [1.29, 1.82) is 5.41 Å². The highest BCUT2D eigenvalue weighted by Gasteiger charge is 2.07. The van der Waals surface area contributed by atoms with Crippen LogP contribution in [0.15, 0.2) is 97.3 Å². The van der Waals surface area contributed by atoms with Crippen LogP contribution in [0.4, 0.5) is 13.2 Å². The lowest BCUT2D eigenvalue weighted by Gasteiger charge is -2.11. The number of rotatable bonds is 21. The lowest BCUT2D eigenvalue weighted by atomic mass is 10.0. The van der Waals surface area contributed by atoms with E-state index in [1.807, 2.05) is 55.5 Å². The van der Waals surface area contributed by atoms with E-state index < -0.39 is 26.1 Å². The van der Waals surface area contributed by atoms with E-state index in [2.05, 4.69) is 13.2 Å². The van der Waals surface area contributed by atoms with Crippen LogP contribution in [0.25, 0.3) is 0 Å². The number of alkyl halides is 3. The highest BCUT2D eigenvalue weighted by atomic mass is 18.2. The van der Waals surface area contributed by atoms with Crippen molar-refractivity contribution in [3.63, 3.8) is 0 Å². The zero-order valence-corrected chi connectivity index (χ0v) is 28.8. The van der Waals surface area contributed by atoms with Crippen molar-refractivity contribution in [2.45, 2.75) is 64.4 Å². The number of aryl methyl sites for hydroxylation is 2. The second-order valence-electron chi connectivity index (χ2n) is 11.3. The summed E-state index contributed by atoms with van der Waals surface area (Å²) in [7, 11) is 0. The first-order valence-corrected chi connectivity index (χ1v) is 16.5. The molecule has 0 amide bonds. The molecular weight excluding hydrogens is 628 g/mol. The first-order chi connectivity index (χ1) is 23.6. The van der Waals surface area contributed by atoms with Gasteiger partial charge in [-0.15, -0.1) is 0 Å². The minimum Gasteiger partial charge on any atom is -0.491 e. The molecule has 0 saturated heterocycles.